The van der Waals surface area contributed by atoms with Crippen LogP contribution in [0.3, 0.4) is 0 Å². The molecule has 0 N–H and O–H groups in total. The molecule has 5 heteroatoms. The first-order valence-electron chi connectivity index (χ1n) is 10.7. The largest absolute Gasteiger partial charge is 0.341 e. The normalized spacial score (nSPS) is 22.0. The number of halogens is 1. The van der Waals surface area contributed by atoms with Crippen molar-refractivity contribution in [3.05, 3.63) is 35.6 Å². The first-order chi connectivity index (χ1) is 13.4. The lowest BCUT2D eigenvalue weighted by Gasteiger charge is -2.35. The van der Waals surface area contributed by atoms with Gasteiger partial charge in [0.05, 0.1) is 0 Å². The fourth-order valence-electron chi connectivity index (χ4n) is 4.52. The van der Waals surface area contributed by atoms with Crippen LogP contribution in [0.1, 0.15) is 64.4 Å². The molecular formula is C23H33FN2O2. The fourth-order valence-corrected chi connectivity index (χ4v) is 4.52. The van der Waals surface area contributed by atoms with Crippen LogP contribution in [0.25, 0.3) is 0 Å². The summed E-state index contributed by atoms with van der Waals surface area (Å²) < 4.78 is 13.3. The molecule has 1 unspecified atom stereocenters. The number of nitrogens with zero attached hydrogens (tertiary/aromatic N) is 2. The number of amides is 2. The van der Waals surface area contributed by atoms with Gasteiger partial charge in [-0.25, -0.2) is 4.39 Å². The Kier molecular flexibility index (Phi) is 6.73. The van der Waals surface area contributed by atoms with Gasteiger partial charge in [-0.15, -0.1) is 0 Å². The molecular weight excluding hydrogens is 355 g/mol. The van der Waals surface area contributed by atoms with Crippen LogP contribution in [0.2, 0.25) is 0 Å². The number of carbonyl (C=O) groups is 2. The summed E-state index contributed by atoms with van der Waals surface area (Å²) in [5, 5.41) is 0. The van der Waals surface area contributed by atoms with Gasteiger partial charge in [-0.1, -0.05) is 32.9 Å². The third kappa shape index (κ3) is 4.73. The summed E-state index contributed by atoms with van der Waals surface area (Å²) in [6, 6.07) is 6.15. The second-order valence-electron chi connectivity index (χ2n) is 8.86. The molecule has 28 heavy (non-hydrogen) atoms. The molecule has 1 aromatic rings. The van der Waals surface area contributed by atoms with Gasteiger partial charge in [-0.3, -0.25) is 9.59 Å². The van der Waals surface area contributed by atoms with E-state index in [2.05, 4.69) is 20.8 Å². The summed E-state index contributed by atoms with van der Waals surface area (Å²) in [4.78, 5) is 29.9. The Labute approximate surface area is 168 Å². The number of benzene rings is 1. The standard InChI is InChI=1S/C23H33FN2O2/c1-16(2)20(18-6-8-19(24)9-7-18)15-22(27)26-12-4-5-21(26)23(28)25-13-10-17(3)11-14-25/h6-9,16-17,20-21H,4-5,10-15H2,1-3H3/t20?,21-/m1/s1. The second kappa shape index (κ2) is 9.06. The van der Waals surface area contributed by atoms with Crippen molar-refractivity contribution in [2.24, 2.45) is 11.8 Å². The van der Waals surface area contributed by atoms with Crippen LogP contribution in [0, 0.1) is 17.7 Å². The number of hydrogen-bond donors (Lipinski definition) is 0. The van der Waals surface area contributed by atoms with E-state index in [4.69, 9.17) is 0 Å². The minimum Gasteiger partial charge on any atom is -0.341 e. The van der Waals surface area contributed by atoms with Gasteiger partial charge in [0.25, 0.3) is 0 Å². The Morgan fingerprint density at radius 3 is 2.32 bits per heavy atom. The molecule has 2 aliphatic heterocycles. The third-order valence-electron chi connectivity index (χ3n) is 6.45. The third-order valence-corrected chi connectivity index (χ3v) is 6.45. The van der Waals surface area contributed by atoms with Crippen molar-refractivity contribution < 1.29 is 14.0 Å². The van der Waals surface area contributed by atoms with Crippen molar-refractivity contribution in [2.45, 2.75) is 64.8 Å². The number of likely N-dealkylation sites (tertiary alicyclic amines) is 2. The van der Waals surface area contributed by atoms with Crippen molar-refractivity contribution >= 4 is 11.8 Å². The monoisotopic (exact) mass is 388 g/mol. The zero-order chi connectivity index (χ0) is 20.3. The molecule has 0 bridgehead atoms. The zero-order valence-corrected chi connectivity index (χ0v) is 17.4. The Balaban J connectivity index is 1.67. The van der Waals surface area contributed by atoms with E-state index in [0.29, 0.717) is 18.9 Å². The summed E-state index contributed by atoms with van der Waals surface area (Å²) >= 11 is 0. The van der Waals surface area contributed by atoms with Crippen molar-refractivity contribution in [2.75, 3.05) is 19.6 Å². The maximum Gasteiger partial charge on any atom is 0.245 e. The maximum atomic E-state index is 13.3. The summed E-state index contributed by atoms with van der Waals surface area (Å²) in [5.74, 6) is 0.867. The van der Waals surface area contributed by atoms with Crippen LogP contribution < -0.4 is 0 Å². The molecule has 154 valence electrons. The molecule has 2 aliphatic rings. The molecule has 0 radical (unpaired) electrons. The molecule has 4 nitrogen and oxygen atoms in total. The first-order valence-corrected chi connectivity index (χ1v) is 10.7. The van der Waals surface area contributed by atoms with E-state index in [1.165, 1.54) is 12.1 Å². The molecule has 2 heterocycles. The molecule has 0 aliphatic carbocycles. The predicted octanol–water partition coefficient (Wildman–Crippen LogP) is 4.20. The van der Waals surface area contributed by atoms with Gasteiger partial charge < -0.3 is 9.80 Å². The van der Waals surface area contributed by atoms with Crippen LogP contribution in [0.4, 0.5) is 4.39 Å². The van der Waals surface area contributed by atoms with E-state index in [1.807, 2.05) is 4.90 Å². The smallest absolute Gasteiger partial charge is 0.245 e. The lowest BCUT2D eigenvalue weighted by Crippen LogP contribution is -2.50. The van der Waals surface area contributed by atoms with Crippen LogP contribution in [0.5, 0.6) is 0 Å². The number of carbonyl (C=O) groups excluding carboxylic acids is 2. The topological polar surface area (TPSA) is 40.6 Å². The SMILES string of the molecule is CC1CCN(C(=O)[C@H]2CCCN2C(=O)CC(c2ccc(F)cc2)C(C)C)CC1. The number of piperidine rings is 1. The molecule has 0 spiro atoms. The Bertz CT molecular complexity index is 680. The van der Waals surface area contributed by atoms with Gasteiger partial charge in [0.2, 0.25) is 11.8 Å². The summed E-state index contributed by atoms with van der Waals surface area (Å²) in [6.45, 7) is 8.68. The fraction of sp³-hybridized carbons (Fsp3) is 0.652. The zero-order valence-electron chi connectivity index (χ0n) is 17.4. The maximum absolute atomic E-state index is 13.3. The van der Waals surface area contributed by atoms with Crippen LogP contribution in [-0.4, -0.2) is 47.3 Å². The van der Waals surface area contributed by atoms with Crippen LogP contribution in [-0.2, 0) is 9.59 Å². The second-order valence-corrected chi connectivity index (χ2v) is 8.86. The van der Waals surface area contributed by atoms with E-state index < -0.39 is 0 Å². The highest BCUT2D eigenvalue weighted by Gasteiger charge is 2.38. The van der Waals surface area contributed by atoms with Gasteiger partial charge in [0, 0.05) is 26.1 Å². The predicted molar refractivity (Wildman–Crippen MR) is 108 cm³/mol. The van der Waals surface area contributed by atoms with Gasteiger partial charge in [0.1, 0.15) is 11.9 Å². The van der Waals surface area contributed by atoms with E-state index in [0.717, 1.165) is 44.3 Å². The highest BCUT2D eigenvalue weighted by molar-refractivity contribution is 5.88. The van der Waals surface area contributed by atoms with Gasteiger partial charge in [0.15, 0.2) is 0 Å². The van der Waals surface area contributed by atoms with E-state index in [1.54, 1.807) is 17.0 Å². The molecule has 3 rings (SSSR count). The summed E-state index contributed by atoms with van der Waals surface area (Å²) in [6.07, 6.45) is 4.11. The van der Waals surface area contributed by atoms with Gasteiger partial charge in [-0.05, 0) is 61.1 Å². The minimum atomic E-state index is -0.304. The molecule has 1 aromatic carbocycles. The van der Waals surface area contributed by atoms with Gasteiger partial charge >= 0.3 is 0 Å². The number of rotatable bonds is 5. The average molecular weight is 389 g/mol. The average Bonchev–Trinajstić information content (AvgIpc) is 3.16. The van der Waals surface area contributed by atoms with E-state index >= 15 is 0 Å². The van der Waals surface area contributed by atoms with Crippen LogP contribution in [0.15, 0.2) is 24.3 Å². The molecule has 2 fully saturated rings. The molecule has 2 saturated heterocycles. The molecule has 0 saturated carbocycles. The Morgan fingerprint density at radius 2 is 1.71 bits per heavy atom. The van der Waals surface area contributed by atoms with Crippen molar-refractivity contribution in [1.82, 2.24) is 9.80 Å². The Hall–Kier alpha value is -1.91. The molecule has 2 amide bonds. The molecule has 0 aromatic heterocycles. The first kappa shape index (κ1) is 20.8. The quantitative estimate of drug-likeness (QED) is 0.758. The van der Waals surface area contributed by atoms with Crippen molar-refractivity contribution in [3.8, 4) is 0 Å². The summed E-state index contributed by atoms with van der Waals surface area (Å²) in [5.41, 5.74) is 0.983. The van der Waals surface area contributed by atoms with E-state index in [-0.39, 0.29) is 35.5 Å². The lowest BCUT2D eigenvalue weighted by molar-refractivity contribution is -0.145. The number of hydrogen-bond acceptors (Lipinski definition) is 2. The van der Waals surface area contributed by atoms with Gasteiger partial charge in [-0.2, -0.15) is 0 Å². The summed E-state index contributed by atoms with van der Waals surface area (Å²) in [7, 11) is 0. The van der Waals surface area contributed by atoms with Crippen LogP contribution >= 0.6 is 0 Å². The Morgan fingerprint density at radius 1 is 1.07 bits per heavy atom. The lowest BCUT2D eigenvalue weighted by atomic mass is 9.85. The van der Waals surface area contributed by atoms with E-state index in [9.17, 15) is 14.0 Å². The van der Waals surface area contributed by atoms with Crippen molar-refractivity contribution in [3.63, 3.8) is 0 Å². The highest BCUT2D eigenvalue weighted by Crippen LogP contribution is 2.31. The minimum absolute atomic E-state index is 0.0280. The molecule has 2 atom stereocenters. The van der Waals surface area contributed by atoms with Crippen molar-refractivity contribution in [1.29, 1.82) is 0 Å². The highest BCUT2D eigenvalue weighted by atomic mass is 19.1.